The zero-order valence-corrected chi connectivity index (χ0v) is 9.81. The van der Waals surface area contributed by atoms with Crippen LogP contribution in [0.2, 0.25) is 18.1 Å². The third-order valence-corrected chi connectivity index (χ3v) is 7.04. The molecule has 0 aromatic rings. The Kier molecular flexibility index (Phi) is 4.40. The molecule has 2 N–H and O–H groups in total. The fourth-order valence-electron chi connectivity index (χ4n) is 0.579. The number of rotatable bonds is 4. The number of hydrogen-bond donors (Lipinski definition) is 1. The average molecular weight is 191 g/mol. The van der Waals surface area contributed by atoms with Crippen molar-refractivity contribution < 1.29 is 9.91 Å². The number of hydrogen-bond acceptors (Lipinski definition) is 2. The largest absolute Gasteiger partial charge is 0.636 e. The summed E-state index contributed by atoms with van der Waals surface area (Å²) >= 11 is 0. The molecule has 0 heterocycles. The summed E-state index contributed by atoms with van der Waals surface area (Å²) in [7, 11) is -1.60. The third kappa shape index (κ3) is 3.67. The molecule has 0 saturated carbocycles. The fraction of sp³-hybridized carbons (Fsp3) is 1.00. The van der Waals surface area contributed by atoms with Crippen molar-refractivity contribution >= 4 is 8.32 Å². The number of quaternary nitrogens is 1. The minimum Gasteiger partial charge on any atom is -0.636 e. The zero-order valence-electron chi connectivity index (χ0n) is 8.81. The van der Waals surface area contributed by atoms with Gasteiger partial charge in [-0.05, 0) is 18.1 Å². The van der Waals surface area contributed by atoms with Gasteiger partial charge in [-0.3, -0.25) is 0 Å². The van der Waals surface area contributed by atoms with Crippen LogP contribution in [0.3, 0.4) is 0 Å². The lowest BCUT2D eigenvalue weighted by Crippen LogP contribution is -2.78. The molecule has 12 heavy (non-hydrogen) atoms. The summed E-state index contributed by atoms with van der Waals surface area (Å²) in [5, 5.41) is 10.3. The van der Waals surface area contributed by atoms with Gasteiger partial charge >= 0.3 is 0 Å². The maximum Gasteiger partial charge on any atom is 0.192 e. The van der Waals surface area contributed by atoms with E-state index in [0.717, 1.165) is 5.48 Å². The molecule has 0 aromatic heterocycles. The second-order valence-corrected chi connectivity index (χ2v) is 9.37. The normalized spacial score (nSPS) is 13.5. The Bertz CT molecular complexity index is 132. The van der Waals surface area contributed by atoms with Gasteiger partial charge in [0.25, 0.3) is 0 Å². The summed E-state index contributed by atoms with van der Waals surface area (Å²) in [4.78, 5) is 0. The Morgan fingerprint density at radius 2 is 1.83 bits per heavy atom. The minimum absolute atomic E-state index is 0.246. The van der Waals surface area contributed by atoms with E-state index in [9.17, 15) is 5.21 Å². The van der Waals surface area contributed by atoms with Crippen molar-refractivity contribution in [3.63, 3.8) is 0 Å². The van der Waals surface area contributed by atoms with E-state index in [2.05, 4.69) is 33.9 Å². The fourth-order valence-corrected chi connectivity index (χ4v) is 1.64. The molecule has 4 heteroatoms. The summed E-state index contributed by atoms with van der Waals surface area (Å²) in [6.07, 6.45) is 0. The molecule has 0 saturated heterocycles. The highest BCUT2D eigenvalue weighted by molar-refractivity contribution is 6.74. The summed E-state index contributed by atoms with van der Waals surface area (Å²) in [6, 6.07) is 0. The molecule has 0 radical (unpaired) electrons. The predicted molar refractivity (Wildman–Crippen MR) is 53.3 cm³/mol. The molecule has 3 nitrogen and oxygen atoms in total. The average Bonchev–Trinajstić information content (AvgIpc) is 1.85. The van der Waals surface area contributed by atoms with Crippen LogP contribution in [-0.4, -0.2) is 21.5 Å². The van der Waals surface area contributed by atoms with Crippen LogP contribution in [0.15, 0.2) is 0 Å². The van der Waals surface area contributed by atoms with Crippen molar-refractivity contribution in [2.45, 2.75) is 38.9 Å². The van der Waals surface area contributed by atoms with Gasteiger partial charge in [0.15, 0.2) is 8.32 Å². The van der Waals surface area contributed by atoms with Gasteiger partial charge in [-0.1, -0.05) is 20.8 Å². The van der Waals surface area contributed by atoms with Crippen LogP contribution < -0.4 is 5.48 Å². The highest BCUT2D eigenvalue weighted by Crippen LogP contribution is 2.36. The molecule has 0 amide bonds. The highest BCUT2D eigenvalue weighted by Gasteiger charge is 2.36. The Labute approximate surface area is 76.2 Å². The Morgan fingerprint density at radius 1 is 1.33 bits per heavy atom. The van der Waals surface area contributed by atoms with Crippen LogP contribution in [0.1, 0.15) is 20.8 Å². The van der Waals surface area contributed by atoms with Crippen LogP contribution in [0.25, 0.3) is 0 Å². The van der Waals surface area contributed by atoms with E-state index < -0.39 is 8.32 Å². The molecule has 0 unspecified atom stereocenters. The van der Waals surface area contributed by atoms with Crippen LogP contribution in [0.4, 0.5) is 0 Å². The maximum atomic E-state index is 10.1. The molecule has 0 aliphatic heterocycles. The summed E-state index contributed by atoms with van der Waals surface area (Å²) in [5.41, 5.74) is 0.910. The number of nitrogens with two attached hydrogens (primary N) is 1. The van der Waals surface area contributed by atoms with Crippen LogP contribution in [0.5, 0.6) is 0 Å². The lowest BCUT2D eigenvalue weighted by atomic mass is 10.2. The second-order valence-electron chi connectivity index (χ2n) is 4.56. The van der Waals surface area contributed by atoms with Gasteiger partial charge in [-0.25, -0.2) is 0 Å². The molecular formula is C8H21NO2Si. The highest BCUT2D eigenvalue weighted by atomic mass is 28.4. The van der Waals surface area contributed by atoms with E-state index in [1.807, 2.05) is 0 Å². The Morgan fingerprint density at radius 3 is 2.17 bits per heavy atom. The molecule has 0 bridgehead atoms. The molecule has 0 spiro atoms. The lowest BCUT2D eigenvalue weighted by molar-refractivity contribution is -0.589. The van der Waals surface area contributed by atoms with Crippen molar-refractivity contribution in [2.24, 2.45) is 0 Å². The third-order valence-electron chi connectivity index (χ3n) is 2.50. The lowest BCUT2D eigenvalue weighted by Gasteiger charge is -2.35. The monoisotopic (exact) mass is 191 g/mol. The molecule has 74 valence electrons. The van der Waals surface area contributed by atoms with E-state index >= 15 is 0 Å². The first-order chi connectivity index (χ1) is 5.31. The zero-order chi connectivity index (χ0) is 9.83. The van der Waals surface area contributed by atoms with Gasteiger partial charge in [-0.15, -0.1) is 0 Å². The first kappa shape index (κ1) is 12.1. The molecule has 0 aliphatic carbocycles. The van der Waals surface area contributed by atoms with E-state index in [-0.39, 0.29) is 5.04 Å². The minimum atomic E-state index is -1.60. The van der Waals surface area contributed by atoms with E-state index in [4.69, 9.17) is 4.43 Å². The van der Waals surface area contributed by atoms with Gasteiger partial charge < -0.3 is 15.1 Å². The molecule has 0 rings (SSSR count). The summed E-state index contributed by atoms with van der Waals surface area (Å²) in [6.45, 7) is 12.1. The standard InChI is InChI=1S/C8H21NO2Si/c1-8(2,3)12(4,5)11-7-6-9-10/h6-7,9H2,1-5H3. The Balaban J connectivity index is 3.88. The van der Waals surface area contributed by atoms with Crippen molar-refractivity contribution in [3.8, 4) is 0 Å². The summed E-state index contributed by atoms with van der Waals surface area (Å²) < 4.78 is 5.74. The Hall–Kier alpha value is 0.0969. The molecule has 0 aromatic carbocycles. The van der Waals surface area contributed by atoms with E-state index in [0.29, 0.717) is 13.2 Å². The van der Waals surface area contributed by atoms with Crippen molar-refractivity contribution in [3.05, 3.63) is 5.21 Å². The predicted octanol–water partition coefficient (Wildman–Crippen LogP) is 1.07. The van der Waals surface area contributed by atoms with Crippen molar-refractivity contribution in [1.82, 2.24) is 0 Å². The van der Waals surface area contributed by atoms with Gasteiger partial charge in [0.05, 0.1) is 13.2 Å². The molecule has 0 atom stereocenters. The molecule has 0 fully saturated rings. The van der Waals surface area contributed by atoms with Gasteiger partial charge in [-0.2, -0.15) is 0 Å². The smallest absolute Gasteiger partial charge is 0.192 e. The number of hydroxylamine groups is 1. The first-order valence-corrected chi connectivity index (χ1v) is 7.29. The van der Waals surface area contributed by atoms with Gasteiger partial charge in [0.1, 0.15) is 0 Å². The van der Waals surface area contributed by atoms with Crippen LogP contribution in [0, 0.1) is 5.21 Å². The van der Waals surface area contributed by atoms with E-state index in [1.54, 1.807) is 0 Å². The van der Waals surface area contributed by atoms with Crippen LogP contribution in [-0.2, 0) is 4.43 Å². The van der Waals surface area contributed by atoms with E-state index in [1.165, 1.54) is 0 Å². The molecule has 0 aliphatic rings. The van der Waals surface area contributed by atoms with Gasteiger partial charge in [0.2, 0.25) is 0 Å². The SMILES string of the molecule is CC(C)(C)[Si](C)(C)OCC[NH2+][O-]. The van der Waals surface area contributed by atoms with Crippen molar-refractivity contribution in [2.75, 3.05) is 13.2 Å². The van der Waals surface area contributed by atoms with Crippen LogP contribution >= 0.6 is 0 Å². The van der Waals surface area contributed by atoms with Gasteiger partial charge in [0, 0.05) is 0 Å². The quantitative estimate of drug-likeness (QED) is 0.410. The topological polar surface area (TPSA) is 48.9 Å². The molecular weight excluding hydrogens is 170 g/mol. The summed E-state index contributed by atoms with van der Waals surface area (Å²) in [5.74, 6) is 0. The van der Waals surface area contributed by atoms with Crippen molar-refractivity contribution in [1.29, 1.82) is 0 Å². The first-order valence-electron chi connectivity index (χ1n) is 4.39. The second kappa shape index (κ2) is 4.37. The maximum absolute atomic E-state index is 10.1.